The Morgan fingerprint density at radius 3 is 2.56 bits per heavy atom. The second-order valence-corrected chi connectivity index (χ2v) is 3.90. The van der Waals surface area contributed by atoms with Gasteiger partial charge >= 0.3 is 0 Å². The average Bonchev–Trinajstić information content (AvgIpc) is 2.30. The third kappa shape index (κ3) is 3.66. The molecule has 16 heavy (non-hydrogen) atoms. The highest BCUT2D eigenvalue weighted by Crippen LogP contribution is 2.15. The standard InChI is InChI=1S/C12H15ClN2O/c1-9(10(2)15-16)14-8-7-11-5-3-4-6-12(11)13/h3-6,16H,7-8H2,1-2H3/b14-9?,15-10+. The van der Waals surface area contributed by atoms with Gasteiger partial charge in [0.05, 0.1) is 11.4 Å². The molecule has 0 saturated heterocycles. The van der Waals surface area contributed by atoms with Gasteiger partial charge in [-0.1, -0.05) is 35.0 Å². The molecule has 0 amide bonds. The van der Waals surface area contributed by atoms with Crippen LogP contribution < -0.4 is 0 Å². The molecule has 0 atom stereocenters. The molecule has 4 heteroatoms. The van der Waals surface area contributed by atoms with E-state index in [0.29, 0.717) is 12.3 Å². The lowest BCUT2D eigenvalue weighted by Gasteiger charge is -2.02. The van der Waals surface area contributed by atoms with Gasteiger partial charge in [-0.25, -0.2) is 0 Å². The first-order valence-corrected chi connectivity index (χ1v) is 5.46. The van der Waals surface area contributed by atoms with Gasteiger partial charge in [0.25, 0.3) is 0 Å². The summed E-state index contributed by atoms with van der Waals surface area (Å²) >= 11 is 6.02. The molecule has 1 aromatic rings. The monoisotopic (exact) mass is 238 g/mol. The minimum Gasteiger partial charge on any atom is -0.411 e. The van der Waals surface area contributed by atoms with E-state index in [1.165, 1.54) is 0 Å². The number of hydrogen-bond acceptors (Lipinski definition) is 3. The number of hydrogen-bond donors (Lipinski definition) is 1. The Kier molecular flexibility index (Phi) is 4.99. The summed E-state index contributed by atoms with van der Waals surface area (Å²) in [6.45, 7) is 4.18. The maximum Gasteiger partial charge on any atom is 0.0971 e. The van der Waals surface area contributed by atoms with Gasteiger partial charge in [0.1, 0.15) is 0 Å². The molecule has 1 N–H and O–H groups in total. The fraction of sp³-hybridized carbons (Fsp3) is 0.333. The topological polar surface area (TPSA) is 45.0 Å². The fourth-order valence-corrected chi connectivity index (χ4v) is 1.46. The van der Waals surface area contributed by atoms with E-state index in [0.717, 1.165) is 22.7 Å². The van der Waals surface area contributed by atoms with Gasteiger partial charge in [0.2, 0.25) is 0 Å². The molecule has 0 saturated carbocycles. The maximum atomic E-state index is 8.55. The molecule has 0 aliphatic carbocycles. The fourth-order valence-electron chi connectivity index (χ4n) is 1.23. The Morgan fingerprint density at radius 2 is 1.94 bits per heavy atom. The Morgan fingerprint density at radius 1 is 1.25 bits per heavy atom. The van der Waals surface area contributed by atoms with Crippen LogP contribution in [0.4, 0.5) is 0 Å². The third-order valence-electron chi connectivity index (χ3n) is 2.36. The van der Waals surface area contributed by atoms with Crippen LogP contribution in [0.3, 0.4) is 0 Å². The second kappa shape index (κ2) is 6.28. The highest BCUT2D eigenvalue weighted by molar-refractivity contribution is 6.40. The predicted octanol–water partition coefficient (Wildman–Crippen LogP) is 3.19. The molecular formula is C12H15ClN2O. The van der Waals surface area contributed by atoms with Gasteiger partial charge in [-0.15, -0.1) is 0 Å². The Balaban J connectivity index is 2.57. The van der Waals surface area contributed by atoms with Crippen molar-refractivity contribution in [3.8, 4) is 0 Å². The van der Waals surface area contributed by atoms with Crippen LogP contribution in [0.5, 0.6) is 0 Å². The average molecular weight is 239 g/mol. The summed E-state index contributed by atoms with van der Waals surface area (Å²) in [6, 6.07) is 7.72. The largest absolute Gasteiger partial charge is 0.411 e. The van der Waals surface area contributed by atoms with Crippen LogP contribution in [0.25, 0.3) is 0 Å². The van der Waals surface area contributed by atoms with E-state index in [4.69, 9.17) is 16.8 Å². The van der Waals surface area contributed by atoms with Crippen molar-refractivity contribution < 1.29 is 5.21 Å². The smallest absolute Gasteiger partial charge is 0.0971 e. The lowest BCUT2D eigenvalue weighted by Crippen LogP contribution is -2.07. The first-order valence-electron chi connectivity index (χ1n) is 5.08. The second-order valence-electron chi connectivity index (χ2n) is 3.49. The number of halogens is 1. The number of benzene rings is 1. The number of oxime groups is 1. The van der Waals surface area contributed by atoms with Gasteiger partial charge < -0.3 is 5.21 Å². The molecule has 0 bridgehead atoms. The molecule has 1 aromatic carbocycles. The summed E-state index contributed by atoms with van der Waals surface area (Å²) in [5.74, 6) is 0. The molecule has 3 nitrogen and oxygen atoms in total. The summed E-state index contributed by atoms with van der Waals surface area (Å²) in [6.07, 6.45) is 0.787. The first-order chi connectivity index (χ1) is 7.65. The zero-order valence-electron chi connectivity index (χ0n) is 9.44. The minimum absolute atomic E-state index is 0.541. The number of rotatable bonds is 4. The van der Waals surface area contributed by atoms with E-state index in [-0.39, 0.29) is 0 Å². The van der Waals surface area contributed by atoms with Crippen LogP contribution in [-0.2, 0) is 6.42 Å². The summed E-state index contributed by atoms with van der Waals surface area (Å²) in [4.78, 5) is 4.30. The zero-order chi connectivity index (χ0) is 12.0. The van der Waals surface area contributed by atoms with Crippen molar-refractivity contribution in [1.82, 2.24) is 0 Å². The van der Waals surface area contributed by atoms with Crippen molar-refractivity contribution >= 4 is 23.0 Å². The SMILES string of the molecule is CC(=NCCc1ccccc1Cl)/C(C)=N/O. The van der Waals surface area contributed by atoms with Gasteiger partial charge in [0, 0.05) is 11.6 Å². The molecule has 0 aliphatic rings. The molecule has 0 radical (unpaired) electrons. The highest BCUT2D eigenvalue weighted by Gasteiger charge is 1.99. The Bertz CT molecular complexity index is 413. The summed E-state index contributed by atoms with van der Waals surface area (Å²) < 4.78 is 0. The normalized spacial score (nSPS) is 12.9. The van der Waals surface area contributed by atoms with Crippen molar-refractivity contribution in [3.63, 3.8) is 0 Å². The molecule has 0 aliphatic heterocycles. The van der Waals surface area contributed by atoms with Crippen LogP contribution in [0.2, 0.25) is 5.02 Å². The van der Waals surface area contributed by atoms with E-state index in [1.54, 1.807) is 6.92 Å². The Labute approximate surface area is 100 Å². The quantitative estimate of drug-likeness (QED) is 0.489. The van der Waals surface area contributed by atoms with Gasteiger partial charge in [-0.05, 0) is 31.9 Å². The number of nitrogens with zero attached hydrogens (tertiary/aromatic N) is 2. The minimum atomic E-state index is 0.541. The van der Waals surface area contributed by atoms with Crippen LogP contribution in [0, 0.1) is 0 Å². The lowest BCUT2D eigenvalue weighted by molar-refractivity contribution is 0.320. The number of aliphatic imine (C=N–C) groups is 1. The molecule has 0 spiro atoms. The molecule has 1 rings (SSSR count). The van der Waals surface area contributed by atoms with Gasteiger partial charge in [0.15, 0.2) is 0 Å². The first kappa shape index (κ1) is 12.7. The van der Waals surface area contributed by atoms with Crippen LogP contribution in [0.15, 0.2) is 34.4 Å². The van der Waals surface area contributed by atoms with Crippen LogP contribution in [0.1, 0.15) is 19.4 Å². The van der Waals surface area contributed by atoms with Crippen molar-refractivity contribution in [2.45, 2.75) is 20.3 Å². The van der Waals surface area contributed by atoms with Crippen molar-refractivity contribution in [2.75, 3.05) is 6.54 Å². The van der Waals surface area contributed by atoms with E-state index in [9.17, 15) is 0 Å². The van der Waals surface area contributed by atoms with Gasteiger partial charge in [-0.2, -0.15) is 0 Å². The molecule has 0 fully saturated rings. The van der Waals surface area contributed by atoms with E-state index in [1.807, 2.05) is 31.2 Å². The molecule has 0 heterocycles. The van der Waals surface area contributed by atoms with Gasteiger partial charge in [-0.3, -0.25) is 4.99 Å². The molecule has 0 unspecified atom stereocenters. The summed E-state index contributed by atoms with van der Waals surface area (Å²) in [5, 5.41) is 12.4. The molecule has 0 aromatic heterocycles. The summed E-state index contributed by atoms with van der Waals surface area (Å²) in [5.41, 5.74) is 2.37. The zero-order valence-corrected chi connectivity index (χ0v) is 10.2. The van der Waals surface area contributed by atoms with E-state index >= 15 is 0 Å². The van der Waals surface area contributed by atoms with Crippen molar-refractivity contribution in [3.05, 3.63) is 34.9 Å². The van der Waals surface area contributed by atoms with E-state index in [2.05, 4.69) is 10.1 Å². The van der Waals surface area contributed by atoms with Crippen molar-refractivity contribution in [1.29, 1.82) is 0 Å². The lowest BCUT2D eigenvalue weighted by atomic mass is 10.1. The maximum absolute atomic E-state index is 8.55. The molecule has 86 valence electrons. The summed E-state index contributed by atoms with van der Waals surface area (Å²) in [7, 11) is 0. The van der Waals surface area contributed by atoms with Crippen LogP contribution in [-0.4, -0.2) is 23.2 Å². The predicted molar refractivity (Wildman–Crippen MR) is 68.0 cm³/mol. The van der Waals surface area contributed by atoms with E-state index < -0.39 is 0 Å². The third-order valence-corrected chi connectivity index (χ3v) is 2.73. The molecular weight excluding hydrogens is 224 g/mol. The van der Waals surface area contributed by atoms with Crippen LogP contribution >= 0.6 is 11.6 Å². The Hall–Kier alpha value is -1.35. The van der Waals surface area contributed by atoms with Crippen molar-refractivity contribution in [2.24, 2.45) is 10.1 Å². The highest BCUT2D eigenvalue weighted by atomic mass is 35.5.